The van der Waals surface area contributed by atoms with Gasteiger partial charge in [-0.05, 0) is 38.5 Å². The Bertz CT molecular complexity index is 783. The Kier molecular flexibility index (Phi) is 35.3. The van der Waals surface area contributed by atoms with Crippen LogP contribution in [0.2, 0.25) is 0 Å². The second kappa shape index (κ2) is 36.1. The van der Waals surface area contributed by atoms with E-state index in [2.05, 4.69) is 13.8 Å². The van der Waals surface area contributed by atoms with Crippen molar-refractivity contribution in [3.8, 4) is 0 Å². The van der Waals surface area contributed by atoms with E-state index < -0.39 is 12.1 Å². The van der Waals surface area contributed by atoms with Crippen molar-refractivity contribution in [1.82, 2.24) is 0 Å². The molecule has 8 nitrogen and oxygen atoms in total. The van der Waals surface area contributed by atoms with Crippen LogP contribution in [-0.4, -0.2) is 111 Å². The molecule has 0 rings (SSSR count). The maximum absolute atomic E-state index is 12.8. The number of hydrogen-bond acceptors (Lipinski definition) is 6. The molecule has 2 atom stereocenters. The molecule has 0 saturated heterocycles. The second-order valence-electron chi connectivity index (χ2n) is 17.6. The lowest BCUT2D eigenvalue weighted by Crippen LogP contribution is -2.55. The Balaban J connectivity index is 3.86. The lowest BCUT2D eigenvalue weighted by atomic mass is 10.1. The molecular formula is C46H94N2O6+2. The summed E-state index contributed by atoms with van der Waals surface area (Å²) in [6.07, 6.45) is 36.8. The average Bonchev–Trinajstić information content (AvgIpc) is 3.13. The van der Waals surface area contributed by atoms with Crippen LogP contribution >= 0.6 is 0 Å². The van der Waals surface area contributed by atoms with Crippen LogP contribution in [0, 0.1) is 0 Å². The molecule has 0 heterocycles. The van der Waals surface area contributed by atoms with Crippen LogP contribution in [0.4, 0.5) is 0 Å². The molecule has 0 fully saturated rings. The number of hydrogen-bond donors (Lipinski definition) is 2. The van der Waals surface area contributed by atoms with Crippen molar-refractivity contribution in [3.63, 3.8) is 0 Å². The number of unbranched alkanes of at least 4 members (excludes halogenated alkanes) is 27. The molecule has 2 N–H and O–H groups in total. The SMILES string of the molecule is CCCCCCCCCCCC[N+](C)(C)[C@@H](CO)C(=O)OCCCCCCCCCCCCOC(=O)[C@H](CO)[N+](C)(C)CCCCCCCCCCCC. The number of likely N-dealkylation sites (N-methyl/N-ethyl adjacent to an activating group) is 2. The predicted octanol–water partition coefficient (Wildman–Crippen LogP) is 10.7. The molecule has 0 aromatic carbocycles. The minimum atomic E-state index is -0.511. The van der Waals surface area contributed by atoms with Crippen LogP contribution in [-0.2, 0) is 19.1 Å². The molecule has 0 aromatic heterocycles. The zero-order valence-corrected chi connectivity index (χ0v) is 37.0. The number of carbonyl (C=O) groups excluding carboxylic acids is 2. The molecule has 0 bridgehead atoms. The first-order valence-electron chi connectivity index (χ1n) is 23.3. The van der Waals surface area contributed by atoms with Crippen molar-refractivity contribution in [3.05, 3.63) is 0 Å². The smallest absolute Gasteiger partial charge is 0.367 e. The van der Waals surface area contributed by atoms with Gasteiger partial charge in [0.2, 0.25) is 12.1 Å². The number of esters is 2. The molecule has 0 amide bonds. The van der Waals surface area contributed by atoms with Gasteiger partial charge in [0.25, 0.3) is 0 Å². The first-order chi connectivity index (χ1) is 26.1. The van der Waals surface area contributed by atoms with Gasteiger partial charge in [-0.2, -0.15) is 0 Å². The van der Waals surface area contributed by atoms with E-state index in [0.717, 1.165) is 64.5 Å². The van der Waals surface area contributed by atoms with Crippen molar-refractivity contribution in [2.75, 3.05) is 67.7 Å². The van der Waals surface area contributed by atoms with E-state index in [1.807, 2.05) is 28.2 Å². The largest absolute Gasteiger partial charge is 0.461 e. The summed E-state index contributed by atoms with van der Waals surface area (Å²) in [5.41, 5.74) is 0. The normalized spacial score (nSPS) is 13.3. The van der Waals surface area contributed by atoms with E-state index in [1.165, 1.54) is 141 Å². The lowest BCUT2D eigenvalue weighted by Gasteiger charge is -2.35. The van der Waals surface area contributed by atoms with Gasteiger partial charge in [-0.25, -0.2) is 9.59 Å². The van der Waals surface area contributed by atoms with Crippen molar-refractivity contribution in [2.45, 2.75) is 219 Å². The van der Waals surface area contributed by atoms with Gasteiger partial charge < -0.3 is 28.7 Å². The van der Waals surface area contributed by atoms with Crippen LogP contribution in [0.1, 0.15) is 206 Å². The van der Waals surface area contributed by atoms with Gasteiger partial charge in [-0.1, -0.05) is 168 Å². The topological polar surface area (TPSA) is 93.1 Å². The number of nitrogens with zero attached hydrogens (tertiary/aromatic N) is 2. The van der Waals surface area contributed by atoms with E-state index in [0.29, 0.717) is 22.2 Å². The van der Waals surface area contributed by atoms with Crippen LogP contribution in [0.15, 0.2) is 0 Å². The van der Waals surface area contributed by atoms with Crippen molar-refractivity contribution >= 4 is 11.9 Å². The molecule has 0 aliphatic carbocycles. The lowest BCUT2D eigenvalue weighted by molar-refractivity contribution is -0.907. The fourth-order valence-corrected chi connectivity index (χ4v) is 7.64. The van der Waals surface area contributed by atoms with Crippen LogP contribution in [0.5, 0.6) is 0 Å². The Morgan fingerprint density at radius 1 is 0.389 bits per heavy atom. The number of carbonyl (C=O) groups is 2. The predicted molar refractivity (Wildman–Crippen MR) is 227 cm³/mol. The molecule has 0 spiro atoms. The van der Waals surface area contributed by atoms with Gasteiger partial charge in [0.05, 0.1) is 54.5 Å². The maximum Gasteiger partial charge on any atom is 0.367 e. The molecule has 0 aliphatic rings. The Hall–Kier alpha value is -1.22. The minimum Gasteiger partial charge on any atom is -0.461 e. The van der Waals surface area contributed by atoms with E-state index in [-0.39, 0.29) is 25.2 Å². The fraction of sp³-hybridized carbons (Fsp3) is 0.957. The van der Waals surface area contributed by atoms with Gasteiger partial charge in [0.15, 0.2) is 0 Å². The third kappa shape index (κ3) is 29.1. The summed E-state index contributed by atoms with van der Waals surface area (Å²) in [5, 5.41) is 20.0. The summed E-state index contributed by atoms with van der Waals surface area (Å²) in [7, 11) is 8.16. The first kappa shape index (κ1) is 52.8. The number of quaternary nitrogens is 2. The molecular weight excluding hydrogens is 677 g/mol. The average molecular weight is 771 g/mol. The van der Waals surface area contributed by atoms with E-state index >= 15 is 0 Å². The summed E-state index contributed by atoms with van der Waals surface area (Å²) in [5.74, 6) is -0.527. The quantitative estimate of drug-likeness (QED) is 0.0365. The highest BCUT2D eigenvalue weighted by Gasteiger charge is 2.36. The first-order valence-corrected chi connectivity index (χ1v) is 23.3. The van der Waals surface area contributed by atoms with E-state index in [1.54, 1.807) is 0 Å². The minimum absolute atomic E-state index is 0.170. The van der Waals surface area contributed by atoms with Crippen molar-refractivity contribution < 1.29 is 38.2 Å². The molecule has 8 heteroatoms. The van der Waals surface area contributed by atoms with Crippen LogP contribution in [0.25, 0.3) is 0 Å². The molecule has 0 saturated carbocycles. The van der Waals surface area contributed by atoms with Crippen molar-refractivity contribution in [2.24, 2.45) is 0 Å². The zero-order chi connectivity index (χ0) is 40.2. The molecule has 54 heavy (non-hydrogen) atoms. The van der Waals surface area contributed by atoms with Crippen molar-refractivity contribution in [1.29, 1.82) is 0 Å². The van der Waals surface area contributed by atoms with Gasteiger partial charge in [0, 0.05) is 0 Å². The monoisotopic (exact) mass is 771 g/mol. The zero-order valence-electron chi connectivity index (χ0n) is 37.0. The summed E-state index contributed by atoms with van der Waals surface area (Å²) in [4.78, 5) is 25.6. The summed E-state index contributed by atoms with van der Waals surface area (Å²) in [6.45, 7) is 6.82. The highest BCUT2D eigenvalue weighted by atomic mass is 16.5. The van der Waals surface area contributed by atoms with Gasteiger partial charge in [0.1, 0.15) is 13.2 Å². The Labute approximate surface area is 335 Å². The molecule has 0 unspecified atom stereocenters. The third-order valence-corrected chi connectivity index (χ3v) is 11.8. The van der Waals surface area contributed by atoms with Gasteiger partial charge >= 0.3 is 11.9 Å². The van der Waals surface area contributed by atoms with Crippen LogP contribution < -0.4 is 0 Å². The summed E-state index contributed by atoms with van der Waals surface area (Å²) in [6, 6.07) is -1.02. The second-order valence-corrected chi connectivity index (χ2v) is 17.6. The third-order valence-electron chi connectivity index (χ3n) is 11.8. The molecule has 0 aliphatic heterocycles. The van der Waals surface area contributed by atoms with E-state index in [4.69, 9.17) is 9.47 Å². The van der Waals surface area contributed by atoms with E-state index in [9.17, 15) is 19.8 Å². The maximum atomic E-state index is 12.8. The fourth-order valence-electron chi connectivity index (χ4n) is 7.64. The molecule has 0 radical (unpaired) electrons. The number of rotatable bonds is 41. The highest BCUT2D eigenvalue weighted by molar-refractivity contribution is 5.75. The van der Waals surface area contributed by atoms with Gasteiger partial charge in [-0.15, -0.1) is 0 Å². The molecule has 322 valence electrons. The Morgan fingerprint density at radius 3 is 0.852 bits per heavy atom. The standard InChI is InChI=1S/C46H94N2O6/c1-7-9-11-13-15-17-21-25-29-33-37-47(3,4)43(41-49)45(51)53-39-35-31-27-23-19-20-24-28-32-36-40-54-46(52)44(42-50)48(5,6)38-34-30-26-22-18-16-14-12-10-8-2/h43-44,49-50H,7-42H2,1-6H3/q+2/t43-,44-/m0/s1. The highest BCUT2D eigenvalue weighted by Crippen LogP contribution is 2.17. The number of ether oxygens (including phenoxy) is 2. The Morgan fingerprint density at radius 2 is 0.611 bits per heavy atom. The number of aliphatic hydroxyl groups is 2. The number of aliphatic hydroxyl groups excluding tert-OH is 2. The summed E-state index contributed by atoms with van der Waals surface area (Å²) < 4.78 is 12.2. The van der Waals surface area contributed by atoms with Crippen LogP contribution in [0.3, 0.4) is 0 Å². The van der Waals surface area contributed by atoms with Gasteiger partial charge in [-0.3, -0.25) is 0 Å². The summed E-state index contributed by atoms with van der Waals surface area (Å²) >= 11 is 0. The molecule has 0 aromatic rings.